The van der Waals surface area contributed by atoms with Gasteiger partial charge in [0.25, 0.3) is 0 Å². The zero-order chi connectivity index (χ0) is 9.00. The van der Waals surface area contributed by atoms with E-state index < -0.39 is 16.8 Å². The number of hydrogen-bond acceptors (Lipinski definition) is 2. The van der Waals surface area contributed by atoms with Crippen molar-refractivity contribution in [2.45, 2.75) is 6.43 Å². The number of hydrogen-bond donors (Lipinski definition) is 2. The van der Waals surface area contributed by atoms with Crippen LogP contribution in [0.3, 0.4) is 0 Å². The van der Waals surface area contributed by atoms with Gasteiger partial charge in [0.1, 0.15) is 0 Å². The van der Waals surface area contributed by atoms with Crippen molar-refractivity contribution in [2.75, 3.05) is 0 Å². The number of rotatable bonds is 0. The first-order valence-electron chi connectivity index (χ1n) is 1.45. The van der Waals surface area contributed by atoms with Gasteiger partial charge in [0.15, 0.2) is 0 Å². The van der Waals surface area contributed by atoms with Crippen molar-refractivity contribution in [1.29, 1.82) is 0 Å². The molecule has 0 bridgehead atoms. The molecule has 11 heavy (non-hydrogen) atoms. The first-order chi connectivity index (χ1) is 4.00. The minimum absolute atomic E-state index is 0. The summed E-state index contributed by atoms with van der Waals surface area (Å²) < 4.78 is 70.3. The largest absolute Gasteiger partial charge is 1.00 e. The third-order valence-corrected chi connectivity index (χ3v) is 0. The van der Waals surface area contributed by atoms with Gasteiger partial charge in [0, 0.05) is 0 Å². The Kier molecular flexibility index (Phi) is 11.0. The second-order valence-corrected chi connectivity index (χ2v) is 1.77. The van der Waals surface area contributed by atoms with E-state index in [0.29, 0.717) is 0 Å². The molecule has 0 aliphatic heterocycles. The van der Waals surface area contributed by atoms with Crippen LogP contribution < -0.4 is 51.4 Å². The summed E-state index contributed by atoms with van der Waals surface area (Å²) in [5.41, 5.74) is 0. The molecule has 0 atom stereocenters. The molecule has 0 unspecified atom stereocenters. The average molecular weight is 226 g/mol. The van der Waals surface area contributed by atoms with E-state index in [9.17, 15) is 17.6 Å². The van der Waals surface area contributed by atoms with Crippen molar-refractivity contribution < 1.29 is 87.9 Å². The van der Waals surface area contributed by atoms with Gasteiger partial charge < -0.3 is 1.43 Å². The van der Waals surface area contributed by atoms with Crippen LogP contribution in [0, 0.1) is 0 Å². The van der Waals surface area contributed by atoms with Gasteiger partial charge in [-0.2, -0.15) is 8.42 Å². The van der Waals surface area contributed by atoms with E-state index in [1.807, 2.05) is 0 Å². The van der Waals surface area contributed by atoms with Gasteiger partial charge in [0.05, 0.1) is 0 Å². The molecule has 0 aromatic rings. The molecular weight excluding hydrogens is 223 g/mol. The summed E-state index contributed by atoms with van der Waals surface area (Å²) in [6, 6.07) is 0. The fraction of sp³-hybridized carbons (Fsp3) is 1.00. The van der Waals surface area contributed by atoms with Gasteiger partial charge in [-0.1, -0.05) is 0 Å². The Labute approximate surface area is 103 Å². The average Bonchev–Trinajstić information content (AvgIpc) is 1.12. The Bertz CT molecular complexity index is 162. The normalized spacial score (nSPS) is 10.7. The Balaban J connectivity index is -0.0000000457. The van der Waals surface area contributed by atoms with Crippen LogP contribution in [0.5, 0.6) is 0 Å². The minimum atomic E-state index is -5.50. The van der Waals surface area contributed by atoms with Gasteiger partial charge in [-0.15, -0.1) is 17.6 Å². The Hall–Kier alpha value is 1.23. The molecule has 0 heterocycles. The van der Waals surface area contributed by atoms with E-state index in [2.05, 4.69) is 0 Å². The first kappa shape index (κ1) is 18.1. The van der Waals surface area contributed by atoms with Crippen molar-refractivity contribution in [3.05, 3.63) is 0 Å². The van der Waals surface area contributed by atoms with E-state index in [0.717, 1.165) is 0 Å². The molecule has 0 aliphatic rings. The molecule has 0 radical (unpaired) electrons. The van der Waals surface area contributed by atoms with Gasteiger partial charge >= 0.3 is 68.2 Å². The molecule has 66 valence electrons. The predicted molar refractivity (Wildman–Crippen MR) is 22.5 cm³/mol. The van der Waals surface area contributed by atoms with Crippen molar-refractivity contribution in [1.82, 2.24) is 0 Å². The molecule has 0 saturated carbocycles. The molecular formula is CH3F4KO4S. The molecule has 0 rings (SSSR count). The molecule has 0 spiro atoms. The summed E-state index contributed by atoms with van der Waals surface area (Å²) in [4.78, 5) is 0. The second-order valence-electron chi connectivity index (χ2n) is 0.876. The van der Waals surface area contributed by atoms with Crippen LogP contribution in [-0.2, 0) is 10.4 Å². The van der Waals surface area contributed by atoms with Crippen molar-refractivity contribution in [2.24, 2.45) is 0 Å². The molecule has 0 aromatic carbocycles. The monoisotopic (exact) mass is 226 g/mol. The van der Waals surface area contributed by atoms with Crippen molar-refractivity contribution in [3.63, 3.8) is 0 Å². The van der Waals surface area contributed by atoms with Crippen LogP contribution in [0.1, 0.15) is 1.43 Å². The van der Waals surface area contributed by atoms with Crippen molar-refractivity contribution >= 4 is 10.4 Å². The summed E-state index contributed by atoms with van der Waals surface area (Å²) in [6.45, 7) is 0. The maximum atomic E-state index is 9.69. The van der Waals surface area contributed by atoms with Crippen LogP contribution in [0.2, 0.25) is 0 Å². The maximum Gasteiger partial charge on any atom is 1.00 e. The molecule has 10 heteroatoms. The summed E-state index contributed by atoms with van der Waals surface area (Å²) in [5, 5.41) is 0. The third-order valence-electron chi connectivity index (χ3n) is 0. The third kappa shape index (κ3) is 635. The quantitative estimate of drug-likeness (QED) is 0.283. The van der Waals surface area contributed by atoms with E-state index >= 15 is 0 Å². The minimum Gasteiger partial charge on any atom is -1.00 e. The summed E-state index contributed by atoms with van der Waals surface area (Å²) >= 11 is 0. The first-order valence-corrected chi connectivity index (χ1v) is 2.85. The fourth-order valence-electron chi connectivity index (χ4n) is 0. The van der Waals surface area contributed by atoms with Crippen LogP contribution in [0.4, 0.5) is 17.6 Å². The summed E-state index contributed by atoms with van der Waals surface area (Å²) in [6.07, 6.45) is -5.50. The fourth-order valence-corrected chi connectivity index (χ4v) is 0. The standard InChI is InChI=1S/CF4.K.H2O4S.H/c2-1(3,4)5;;1-5(2,3)4;/h;;(H2,1,2,3,4);/q;+1;;-1. The molecule has 4 nitrogen and oxygen atoms in total. The second kappa shape index (κ2) is 6.71. The Morgan fingerprint density at radius 3 is 1.09 bits per heavy atom. The smallest absolute Gasteiger partial charge is 1.00 e. The molecule has 2 N–H and O–H groups in total. The molecule has 0 amide bonds. The van der Waals surface area contributed by atoms with E-state index in [1.165, 1.54) is 0 Å². The van der Waals surface area contributed by atoms with Gasteiger partial charge in [0.2, 0.25) is 0 Å². The van der Waals surface area contributed by atoms with Crippen LogP contribution >= 0.6 is 0 Å². The van der Waals surface area contributed by atoms with Crippen LogP contribution in [0.15, 0.2) is 0 Å². The van der Waals surface area contributed by atoms with Crippen LogP contribution in [0.25, 0.3) is 0 Å². The van der Waals surface area contributed by atoms with Gasteiger partial charge in [-0.3, -0.25) is 9.11 Å². The van der Waals surface area contributed by atoms with E-state index in [4.69, 9.17) is 17.5 Å². The van der Waals surface area contributed by atoms with E-state index in [1.54, 1.807) is 0 Å². The Morgan fingerprint density at radius 2 is 1.09 bits per heavy atom. The maximum absolute atomic E-state index is 9.69. The van der Waals surface area contributed by atoms with Crippen LogP contribution in [-0.4, -0.2) is 24.0 Å². The Morgan fingerprint density at radius 1 is 1.09 bits per heavy atom. The summed E-state index contributed by atoms with van der Waals surface area (Å²) in [7, 11) is -4.67. The van der Waals surface area contributed by atoms with Gasteiger partial charge in [-0.05, 0) is 0 Å². The zero-order valence-corrected chi connectivity index (χ0v) is 9.07. The molecule has 0 saturated heterocycles. The van der Waals surface area contributed by atoms with Gasteiger partial charge in [-0.25, -0.2) is 0 Å². The molecule has 0 aliphatic carbocycles. The molecule has 0 aromatic heterocycles. The molecule has 0 fully saturated rings. The zero-order valence-electron chi connectivity index (χ0n) is 6.13. The SMILES string of the molecule is FC(F)(F)F.O=S(=O)(O)O.[H-].[K+]. The topological polar surface area (TPSA) is 74.6 Å². The number of alkyl halides is 4. The predicted octanol–water partition coefficient (Wildman–Crippen LogP) is -2.06. The van der Waals surface area contributed by atoms with Crippen molar-refractivity contribution in [3.8, 4) is 0 Å². The summed E-state index contributed by atoms with van der Waals surface area (Å²) in [5.74, 6) is 0. The number of halogens is 4. The van der Waals surface area contributed by atoms with E-state index in [-0.39, 0.29) is 52.8 Å².